The highest BCUT2D eigenvalue weighted by atomic mass is 31.2. The number of hydrogen-bond donors (Lipinski definition) is 5. The van der Waals surface area contributed by atoms with Gasteiger partial charge in [-0.3, -0.25) is 13.9 Å². The number of imidazole rings is 1. The van der Waals surface area contributed by atoms with Crippen LogP contribution >= 0.6 is 7.75 Å². The second kappa shape index (κ2) is 8.26. The van der Waals surface area contributed by atoms with E-state index >= 15 is 4.39 Å². The van der Waals surface area contributed by atoms with Gasteiger partial charge in [0.15, 0.2) is 23.1 Å². The molecule has 14 nitrogen and oxygen atoms in total. The van der Waals surface area contributed by atoms with Crippen molar-refractivity contribution in [2.24, 2.45) is 0 Å². The van der Waals surface area contributed by atoms with E-state index in [2.05, 4.69) is 15.0 Å². The maximum absolute atomic E-state index is 16.1. The Morgan fingerprint density at radius 1 is 1.61 bits per heavy atom. The largest absolute Gasteiger partial charge is 0.480 e. The smallest absolute Gasteiger partial charge is 0.403 e. The van der Waals surface area contributed by atoms with E-state index in [0.717, 1.165) is 17.8 Å². The van der Waals surface area contributed by atoms with Gasteiger partial charge in [0, 0.05) is 4.11 Å². The topological polar surface area (TPSA) is 204 Å². The van der Waals surface area contributed by atoms with Crippen molar-refractivity contribution in [3.63, 3.8) is 0 Å². The highest BCUT2D eigenvalue weighted by Crippen LogP contribution is 2.45. The Kier molecular flexibility index (Phi) is 5.13. The molecule has 0 spiro atoms. The molecule has 1 fully saturated rings. The van der Waals surface area contributed by atoms with E-state index in [0.29, 0.717) is 0 Å². The second-order valence-electron chi connectivity index (χ2n) is 6.66. The third-order valence-corrected chi connectivity index (χ3v) is 5.65. The summed E-state index contributed by atoms with van der Waals surface area (Å²) in [4.78, 5) is 32.4. The lowest BCUT2D eigenvalue weighted by Gasteiger charge is -2.24. The zero-order chi connectivity index (χ0) is 25.6. The summed E-state index contributed by atoms with van der Waals surface area (Å²) in [6, 6.07) is -1.49. The SMILES string of the molecule is [2H]C([2H])([2H])[C@@]1(F)[C@H](O)[C@@H](COP(=O)(O)N[C@@H](C)C(=O)O)O[C@H]1n1cnc2c(OC)nc(N)nc21. The van der Waals surface area contributed by atoms with E-state index in [9.17, 15) is 19.4 Å². The van der Waals surface area contributed by atoms with E-state index in [1.165, 1.54) is 7.11 Å². The summed E-state index contributed by atoms with van der Waals surface area (Å²) in [7, 11) is -3.50. The van der Waals surface area contributed by atoms with Crippen molar-refractivity contribution < 1.29 is 47.0 Å². The number of halogens is 1. The normalized spacial score (nSPS) is 30.9. The van der Waals surface area contributed by atoms with Crippen molar-refractivity contribution in [3.05, 3.63) is 6.33 Å². The fraction of sp³-hybridized carbons (Fsp3) is 0.600. The van der Waals surface area contributed by atoms with Gasteiger partial charge < -0.3 is 30.3 Å². The molecule has 2 aromatic heterocycles. The van der Waals surface area contributed by atoms with Crippen LogP contribution in [0.15, 0.2) is 6.33 Å². The molecule has 2 aromatic rings. The molecular weight excluding hydrogens is 442 g/mol. The van der Waals surface area contributed by atoms with Crippen LogP contribution in [0.1, 0.15) is 24.1 Å². The van der Waals surface area contributed by atoms with Crippen LogP contribution in [-0.2, 0) is 18.6 Å². The molecule has 0 bridgehead atoms. The van der Waals surface area contributed by atoms with Gasteiger partial charge in [-0.2, -0.15) is 9.97 Å². The number of rotatable bonds is 8. The summed E-state index contributed by atoms with van der Waals surface area (Å²) in [5.41, 5.74) is 2.00. The van der Waals surface area contributed by atoms with Gasteiger partial charge in [-0.25, -0.2) is 19.0 Å². The zero-order valence-corrected chi connectivity index (χ0v) is 17.1. The summed E-state index contributed by atoms with van der Waals surface area (Å²) in [6.45, 7) is -3.36. The van der Waals surface area contributed by atoms with Crippen molar-refractivity contribution in [2.45, 2.75) is 43.9 Å². The van der Waals surface area contributed by atoms with Gasteiger partial charge in [0.2, 0.25) is 11.8 Å². The van der Waals surface area contributed by atoms with Gasteiger partial charge in [-0.05, 0) is 13.8 Å². The Bertz CT molecular complexity index is 1140. The monoisotopic (exact) mass is 467 g/mol. The molecule has 0 radical (unpaired) electrons. The summed E-state index contributed by atoms with van der Waals surface area (Å²) in [5, 5.41) is 21.2. The molecule has 1 aliphatic heterocycles. The minimum Gasteiger partial charge on any atom is -0.480 e. The molecule has 3 heterocycles. The standard InChI is InChI=1S/C15H22FN6O8P/c1-6(12(24)25)21-31(26,27)29-4-7-9(23)15(2,16)13(30-7)22-5-18-8-10(22)19-14(17)20-11(8)28-3/h5-7,9,13,23H,4H2,1-3H3,(H,24,25)(H2,17,19,20)(H2,21,26,27)/t6-,7+,9+,13+,15+/m0/s1/i2D3. The number of hydrogen-bond acceptors (Lipinski definition) is 10. The van der Waals surface area contributed by atoms with Gasteiger partial charge >= 0.3 is 13.7 Å². The second-order valence-corrected chi connectivity index (χ2v) is 8.22. The molecule has 0 aliphatic carbocycles. The number of nitrogens with one attached hydrogen (secondary N) is 1. The predicted octanol–water partition coefficient (Wildman–Crippen LogP) is -0.417. The van der Waals surface area contributed by atoms with Crippen LogP contribution in [-0.4, -0.2) is 78.2 Å². The Morgan fingerprint density at radius 3 is 2.94 bits per heavy atom. The molecule has 172 valence electrons. The molecular formula is C15H22FN6O8P. The molecule has 6 N–H and O–H groups in total. The molecule has 0 saturated carbocycles. The summed E-state index contributed by atoms with van der Waals surface area (Å²) < 4.78 is 67.3. The maximum Gasteiger partial charge on any atom is 0.403 e. The molecule has 0 amide bonds. The highest BCUT2D eigenvalue weighted by molar-refractivity contribution is 7.50. The fourth-order valence-electron chi connectivity index (χ4n) is 2.89. The first-order valence-corrected chi connectivity index (χ1v) is 10.2. The number of methoxy groups -OCH3 is 1. The number of nitrogens with two attached hydrogens (primary N) is 1. The number of fused-ring (bicyclic) bond motifs is 1. The van der Waals surface area contributed by atoms with Gasteiger partial charge in [-0.15, -0.1) is 0 Å². The average Bonchev–Trinajstić information content (AvgIpc) is 3.25. The first kappa shape index (κ1) is 19.3. The Labute approximate surface area is 179 Å². The molecule has 3 rings (SSSR count). The number of aliphatic hydroxyl groups is 1. The maximum atomic E-state index is 16.1. The minimum atomic E-state index is -4.76. The van der Waals surface area contributed by atoms with Crippen LogP contribution in [0.5, 0.6) is 5.88 Å². The van der Waals surface area contributed by atoms with E-state index in [1.54, 1.807) is 0 Å². The number of aliphatic hydroxyl groups excluding tert-OH is 1. The Morgan fingerprint density at radius 2 is 2.32 bits per heavy atom. The van der Waals surface area contributed by atoms with Gasteiger partial charge in [0.05, 0.1) is 20.0 Å². The minimum absolute atomic E-state index is 0.00546. The number of carboxylic acid groups (broad SMARTS) is 1. The summed E-state index contributed by atoms with van der Waals surface area (Å²) >= 11 is 0. The van der Waals surface area contributed by atoms with Crippen LogP contribution in [0.3, 0.4) is 0 Å². The lowest BCUT2D eigenvalue weighted by molar-refractivity contribution is -0.138. The molecule has 31 heavy (non-hydrogen) atoms. The number of carbonyl (C=O) groups is 1. The number of aliphatic carboxylic acids is 1. The third kappa shape index (κ3) is 4.46. The van der Waals surface area contributed by atoms with Crippen LogP contribution < -0.4 is 15.6 Å². The number of ether oxygens (including phenoxy) is 2. The average molecular weight is 467 g/mol. The van der Waals surface area contributed by atoms with E-state index in [4.69, 9.17) is 28.9 Å². The lowest BCUT2D eigenvalue weighted by Crippen LogP contribution is -2.41. The van der Waals surface area contributed by atoms with Crippen molar-refractivity contribution in [1.82, 2.24) is 24.6 Å². The Hall–Kier alpha value is -2.42. The van der Waals surface area contributed by atoms with Crippen LogP contribution in [0.4, 0.5) is 10.3 Å². The van der Waals surface area contributed by atoms with Crippen LogP contribution in [0, 0.1) is 0 Å². The van der Waals surface area contributed by atoms with Gasteiger partial charge in [0.1, 0.15) is 18.2 Å². The third-order valence-electron chi connectivity index (χ3n) is 4.44. The van der Waals surface area contributed by atoms with E-state index in [-0.39, 0.29) is 23.0 Å². The predicted molar refractivity (Wildman–Crippen MR) is 102 cm³/mol. The molecule has 1 unspecified atom stereocenters. The lowest BCUT2D eigenvalue weighted by atomic mass is 9.98. The summed E-state index contributed by atoms with van der Waals surface area (Å²) in [5.74, 6) is -1.84. The highest BCUT2D eigenvalue weighted by Gasteiger charge is 2.55. The number of aromatic nitrogens is 4. The van der Waals surface area contributed by atoms with Gasteiger partial charge in [0.25, 0.3) is 0 Å². The number of alkyl halides is 1. The number of nitrogen functional groups attached to an aromatic ring is 1. The van der Waals surface area contributed by atoms with E-state index < -0.39 is 57.3 Å². The van der Waals surface area contributed by atoms with Crippen LogP contribution in [0.25, 0.3) is 11.2 Å². The van der Waals surface area contributed by atoms with Gasteiger partial charge in [-0.1, -0.05) is 0 Å². The quantitative estimate of drug-likeness (QED) is 0.313. The number of carboxylic acids is 1. The Balaban J connectivity index is 1.96. The fourth-order valence-corrected chi connectivity index (χ4v) is 3.91. The zero-order valence-electron chi connectivity index (χ0n) is 19.2. The number of nitrogens with zero attached hydrogens (tertiary/aromatic N) is 4. The first-order valence-electron chi connectivity index (χ1n) is 10.2. The molecule has 0 aromatic carbocycles. The molecule has 6 atom stereocenters. The number of anilines is 1. The van der Waals surface area contributed by atoms with Crippen molar-refractivity contribution in [1.29, 1.82) is 0 Å². The first-order chi connectivity index (χ1) is 15.6. The summed E-state index contributed by atoms with van der Waals surface area (Å²) in [6.07, 6.45) is -5.22. The van der Waals surface area contributed by atoms with Crippen molar-refractivity contribution in [2.75, 3.05) is 19.5 Å². The molecule has 1 aliphatic rings. The molecule has 16 heteroatoms. The van der Waals surface area contributed by atoms with Crippen molar-refractivity contribution >= 4 is 30.8 Å². The van der Waals surface area contributed by atoms with Crippen LogP contribution in [0.2, 0.25) is 0 Å². The van der Waals surface area contributed by atoms with E-state index in [1.807, 2.05) is 5.09 Å². The van der Waals surface area contributed by atoms with Crippen molar-refractivity contribution in [3.8, 4) is 5.88 Å². The molecule has 1 saturated heterocycles.